The third-order valence-corrected chi connectivity index (χ3v) is 5.67. The second-order valence-corrected chi connectivity index (χ2v) is 7.68. The lowest BCUT2D eigenvalue weighted by molar-refractivity contribution is 0.117. The normalized spacial score (nSPS) is 14.7. The zero-order chi connectivity index (χ0) is 21.3. The van der Waals surface area contributed by atoms with Crippen LogP contribution in [0.5, 0.6) is 0 Å². The van der Waals surface area contributed by atoms with Gasteiger partial charge in [-0.25, -0.2) is 0 Å². The third-order valence-electron chi connectivity index (χ3n) is 5.67. The number of hydrogen-bond donors (Lipinski definition) is 2. The maximum absolute atomic E-state index is 11.1. The molecule has 30 heavy (non-hydrogen) atoms. The second kappa shape index (κ2) is 10.7. The summed E-state index contributed by atoms with van der Waals surface area (Å²) in [4.78, 5) is 2.08. The summed E-state index contributed by atoms with van der Waals surface area (Å²) in [5.41, 5.74) is 3.58. The molecule has 3 atom stereocenters. The van der Waals surface area contributed by atoms with Gasteiger partial charge in [0.1, 0.15) is 0 Å². The van der Waals surface area contributed by atoms with Crippen molar-refractivity contribution in [2.24, 2.45) is 0 Å². The minimum Gasteiger partial charge on any atom is -0.495 e. The SMILES string of the molecule is C[C@H](c1ccccc1)N(/C(O)=C/CN[C@H](C)c1ccccc1)[C@H](C)c1ccccc1. The maximum atomic E-state index is 11.1. The van der Waals surface area contributed by atoms with E-state index in [1.807, 2.05) is 60.7 Å². The Bertz CT molecular complexity index is 864. The van der Waals surface area contributed by atoms with Crippen LogP contribution in [0.4, 0.5) is 0 Å². The molecule has 0 unspecified atom stereocenters. The van der Waals surface area contributed by atoms with Gasteiger partial charge < -0.3 is 15.3 Å². The number of hydrogen-bond acceptors (Lipinski definition) is 3. The summed E-state index contributed by atoms with van der Waals surface area (Å²) < 4.78 is 0. The van der Waals surface area contributed by atoms with Gasteiger partial charge in [-0.2, -0.15) is 0 Å². The maximum Gasteiger partial charge on any atom is 0.184 e. The number of aliphatic hydroxyl groups is 1. The van der Waals surface area contributed by atoms with Gasteiger partial charge in [-0.15, -0.1) is 0 Å². The number of benzene rings is 3. The molecule has 0 aliphatic rings. The molecule has 0 heterocycles. The van der Waals surface area contributed by atoms with Crippen LogP contribution in [0.1, 0.15) is 55.6 Å². The molecule has 0 amide bonds. The van der Waals surface area contributed by atoms with Crippen LogP contribution >= 0.6 is 0 Å². The molecule has 3 aromatic carbocycles. The zero-order valence-electron chi connectivity index (χ0n) is 18.1. The molecule has 3 aromatic rings. The van der Waals surface area contributed by atoms with Crippen LogP contribution in [-0.4, -0.2) is 16.6 Å². The van der Waals surface area contributed by atoms with Gasteiger partial charge in [0.15, 0.2) is 5.88 Å². The first-order valence-electron chi connectivity index (χ1n) is 10.6. The molecule has 0 radical (unpaired) electrons. The highest BCUT2D eigenvalue weighted by Crippen LogP contribution is 2.33. The van der Waals surface area contributed by atoms with E-state index in [9.17, 15) is 5.11 Å². The third kappa shape index (κ3) is 5.52. The van der Waals surface area contributed by atoms with E-state index in [4.69, 9.17) is 0 Å². The van der Waals surface area contributed by atoms with E-state index in [2.05, 4.69) is 67.4 Å². The molecule has 0 saturated heterocycles. The van der Waals surface area contributed by atoms with E-state index in [1.165, 1.54) is 16.7 Å². The molecular weight excluding hydrogens is 368 g/mol. The summed E-state index contributed by atoms with van der Waals surface area (Å²) in [5, 5.41) is 14.6. The van der Waals surface area contributed by atoms with Crippen molar-refractivity contribution in [2.75, 3.05) is 6.54 Å². The first-order chi connectivity index (χ1) is 14.6. The van der Waals surface area contributed by atoms with Gasteiger partial charge in [-0.05, 0) is 43.5 Å². The summed E-state index contributed by atoms with van der Waals surface area (Å²) in [7, 11) is 0. The molecule has 0 spiro atoms. The molecule has 0 aliphatic carbocycles. The van der Waals surface area contributed by atoms with Crippen molar-refractivity contribution in [3.05, 3.63) is 120 Å². The lowest BCUT2D eigenvalue weighted by Crippen LogP contribution is -2.30. The van der Waals surface area contributed by atoms with Crippen molar-refractivity contribution in [3.63, 3.8) is 0 Å². The first kappa shape index (κ1) is 21.7. The highest BCUT2D eigenvalue weighted by molar-refractivity contribution is 5.24. The molecule has 0 aliphatic heterocycles. The smallest absolute Gasteiger partial charge is 0.184 e. The number of nitrogens with zero attached hydrogens (tertiary/aromatic N) is 1. The van der Waals surface area contributed by atoms with Crippen LogP contribution in [-0.2, 0) is 0 Å². The van der Waals surface area contributed by atoms with Gasteiger partial charge in [0, 0.05) is 12.6 Å². The highest BCUT2D eigenvalue weighted by atomic mass is 16.3. The fourth-order valence-corrected chi connectivity index (χ4v) is 3.81. The zero-order valence-corrected chi connectivity index (χ0v) is 18.1. The standard InChI is InChI=1S/C27H32N2O/c1-21(24-13-7-4-8-14-24)28-20-19-27(30)29(22(2)25-15-9-5-10-16-25)23(3)26-17-11-6-12-18-26/h4-19,21-23,28,30H,20H2,1-3H3/b27-19-/t21-,22-,23-/m1/s1. The summed E-state index contributed by atoms with van der Waals surface area (Å²) in [6.45, 7) is 7.00. The van der Waals surface area contributed by atoms with Crippen molar-refractivity contribution in [1.29, 1.82) is 0 Å². The van der Waals surface area contributed by atoms with Gasteiger partial charge in [0.25, 0.3) is 0 Å². The van der Waals surface area contributed by atoms with Crippen molar-refractivity contribution >= 4 is 0 Å². The summed E-state index contributed by atoms with van der Waals surface area (Å²) in [5.74, 6) is 0.287. The lowest BCUT2D eigenvalue weighted by Gasteiger charge is -2.36. The molecule has 156 valence electrons. The topological polar surface area (TPSA) is 35.5 Å². The number of rotatable bonds is 9. The Morgan fingerprint density at radius 1 is 0.733 bits per heavy atom. The van der Waals surface area contributed by atoms with Gasteiger partial charge in [-0.1, -0.05) is 91.0 Å². The Morgan fingerprint density at radius 3 is 1.57 bits per heavy atom. The van der Waals surface area contributed by atoms with Crippen LogP contribution < -0.4 is 5.32 Å². The van der Waals surface area contributed by atoms with Crippen LogP contribution in [0.2, 0.25) is 0 Å². The Kier molecular flexibility index (Phi) is 7.69. The summed E-state index contributed by atoms with van der Waals surface area (Å²) in [6, 6.07) is 31.3. The quantitative estimate of drug-likeness (QED) is 0.399. The summed E-state index contributed by atoms with van der Waals surface area (Å²) >= 11 is 0. The highest BCUT2D eigenvalue weighted by Gasteiger charge is 2.24. The lowest BCUT2D eigenvalue weighted by atomic mass is 10.0. The molecule has 3 rings (SSSR count). The monoisotopic (exact) mass is 400 g/mol. The van der Waals surface area contributed by atoms with Crippen molar-refractivity contribution in [3.8, 4) is 0 Å². The molecule has 0 saturated carbocycles. The Morgan fingerprint density at radius 2 is 1.13 bits per heavy atom. The van der Waals surface area contributed by atoms with E-state index in [1.54, 1.807) is 0 Å². The van der Waals surface area contributed by atoms with Crippen molar-refractivity contribution in [2.45, 2.75) is 38.9 Å². The van der Waals surface area contributed by atoms with E-state index in [0.717, 1.165) is 0 Å². The number of aliphatic hydroxyl groups excluding tert-OH is 1. The molecular formula is C27H32N2O. The van der Waals surface area contributed by atoms with E-state index in [-0.39, 0.29) is 24.0 Å². The molecule has 3 heteroatoms. The predicted octanol–water partition coefficient (Wildman–Crippen LogP) is 6.56. The Labute approximate surface area is 180 Å². The molecule has 0 fully saturated rings. The van der Waals surface area contributed by atoms with Crippen LogP contribution in [0.25, 0.3) is 0 Å². The largest absolute Gasteiger partial charge is 0.495 e. The first-order valence-corrected chi connectivity index (χ1v) is 10.6. The van der Waals surface area contributed by atoms with E-state index in [0.29, 0.717) is 6.54 Å². The van der Waals surface area contributed by atoms with E-state index < -0.39 is 0 Å². The minimum atomic E-state index is 0.0317. The fourth-order valence-electron chi connectivity index (χ4n) is 3.81. The Hall–Kier alpha value is -3.04. The van der Waals surface area contributed by atoms with Crippen LogP contribution in [0, 0.1) is 0 Å². The van der Waals surface area contributed by atoms with Gasteiger partial charge in [0.05, 0.1) is 12.1 Å². The van der Waals surface area contributed by atoms with Crippen LogP contribution in [0.15, 0.2) is 103 Å². The number of nitrogens with one attached hydrogen (secondary N) is 1. The van der Waals surface area contributed by atoms with Crippen molar-refractivity contribution in [1.82, 2.24) is 10.2 Å². The van der Waals surface area contributed by atoms with Gasteiger partial charge in [0.2, 0.25) is 0 Å². The van der Waals surface area contributed by atoms with Gasteiger partial charge >= 0.3 is 0 Å². The Balaban J connectivity index is 1.79. The van der Waals surface area contributed by atoms with Crippen molar-refractivity contribution < 1.29 is 5.11 Å². The molecule has 0 bridgehead atoms. The average Bonchev–Trinajstić information content (AvgIpc) is 2.80. The predicted molar refractivity (Wildman–Crippen MR) is 125 cm³/mol. The average molecular weight is 401 g/mol. The molecule has 2 N–H and O–H groups in total. The minimum absolute atomic E-state index is 0.0317. The molecule has 3 nitrogen and oxygen atoms in total. The summed E-state index contributed by atoms with van der Waals surface area (Å²) in [6.07, 6.45) is 1.87. The fraction of sp³-hybridized carbons (Fsp3) is 0.259. The molecule has 0 aromatic heterocycles. The van der Waals surface area contributed by atoms with Crippen LogP contribution in [0.3, 0.4) is 0 Å². The van der Waals surface area contributed by atoms with E-state index >= 15 is 0 Å². The second-order valence-electron chi connectivity index (χ2n) is 7.68. The van der Waals surface area contributed by atoms with Gasteiger partial charge in [-0.3, -0.25) is 0 Å².